The van der Waals surface area contributed by atoms with Crippen LogP contribution in [0.25, 0.3) is 0 Å². The van der Waals surface area contributed by atoms with Gasteiger partial charge in [-0.1, -0.05) is 17.7 Å². The van der Waals surface area contributed by atoms with Crippen LogP contribution < -0.4 is 15.8 Å². The normalized spacial score (nSPS) is 10.2. The second-order valence-corrected chi connectivity index (χ2v) is 4.44. The molecule has 0 aromatic heterocycles. The monoisotopic (exact) mass is 294 g/mol. The highest BCUT2D eigenvalue weighted by Crippen LogP contribution is 2.26. The van der Waals surface area contributed by atoms with E-state index < -0.39 is 11.7 Å². The van der Waals surface area contributed by atoms with Crippen LogP contribution in [0.1, 0.15) is 10.4 Å². The van der Waals surface area contributed by atoms with Crippen molar-refractivity contribution in [2.45, 2.75) is 0 Å². The molecular weight excluding hydrogens is 283 g/mol. The minimum Gasteiger partial charge on any atom is -0.496 e. The van der Waals surface area contributed by atoms with Crippen molar-refractivity contribution in [3.63, 3.8) is 0 Å². The van der Waals surface area contributed by atoms with Crippen molar-refractivity contribution in [3.05, 3.63) is 52.8 Å². The number of halogens is 2. The Balaban J connectivity index is 2.33. The molecule has 0 saturated carbocycles. The molecule has 0 aliphatic rings. The van der Waals surface area contributed by atoms with Gasteiger partial charge in [-0.2, -0.15) is 0 Å². The molecule has 104 valence electrons. The predicted molar refractivity (Wildman–Crippen MR) is 76.8 cm³/mol. The first-order valence-electron chi connectivity index (χ1n) is 5.72. The van der Waals surface area contributed by atoms with Crippen LogP contribution in [-0.2, 0) is 0 Å². The average molecular weight is 295 g/mol. The molecule has 0 fully saturated rings. The number of amides is 1. The summed E-state index contributed by atoms with van der Waals surface area (Å²) in [5.41, 5.74) is 6.20. The smallest absolute Gasteiger partial charge is 0.262 e. The Morgan fingerprint density at radius 3 is 2.75 bits per heavy atom. The van der Waals surface area contributed by atoms with E-state index in [1.165, 1.54) is 31.4 Å². The van der Waals surface area contributed by atoms with E-state index >= 15 is 0 Å². The highest BCUT2D eigenvalue weighted by atomic mass is 35.5. The third-order valence-electron chi connectivity index (χ3n) is 2.68. The summed E-state index contributed by atoms with van der Waals surface area (Å²) in [6.07, 6.45) is 0. The Hall–Kier alpha value is -2.27. The van der Waals surface area contributed by atoms with Gasteiger partial charge in [0.15, 0.2) is 0 Å². The van der Waals surface area contributed by atoms with Gasteiger partial charge in [-0.25, -0.2) is 4.39 Å². The molecular formula is C14H12ClFN2O2. The van der Waals surface area contributed by atoms with E-state index in [-0.39, 0.29) is 11.3 Å². The molecule has 0 aliphatic carbocycles. The Morgan fingerprint density at radius 1 is 1.35 bits per heavy atom. The van der Waals surface area contributed by atoms with Crippen LogP contribution in [-0.4, -0.2) is 13.0 Å². The molecule has 2 aromatic carbocycles. The summed E-state index contributed by atoms with van der Waals surface area (Å²) in [4.78, 5) is 12.1. The quantitative estimate of drug-likeness (QED) is 0.854. The standard InChI is InChI=1S/C14H12ClFN2O2/c1-20-12-4-2-3-9(16)13(12)14(19)18-11-6-5-8(15)7-10(11)17/h2-7H,17H2,1H3,(H,18,19). The lowest BCUT2D eigenvalue weighted by Gasteiger charge is -2.11. The van der Waals surface area contributed by atoms with E-state index in [0.29, 0.717) is 16.4 Å². The number of anilines is 2. The van der Waals surface area contributed by atoms with E-state index in [1.807, 2.05) is 0 Å². The molecule has 4 nitrogen and oxygen atoms in total. The van der Waals surface area contributed by atoms with Crippen molar-refractivity contribution in [1.29, 1.82) is 0 Å². The fourth-order valence-electron chi connectivity index (χ4n) is 1.73. The zero-order valence-electron chi connectivity index (χ0n) is 10.6. The zero-order valence-corrected chi connectivity index (χ0v) is 11.4. The van der Waals surface area contributed by atoms with Crippen LogP contribution in [0.5, 0.6) is 5.75 Å². The molecule has 0 spiro atoms. The van der Waals surface area contributed by atoms with Crippen LogP contribution in [0.4, 0.5) is 15.8 Å². The molecule has 0 radical (unpaired) electrons. The number of hydrogen-bond donors (Lipinski definition) is 2. The SMILES string of the molecule is COc1cccc(F)c1C(=O)Nc1ccc(Cl)cc1N. The Morgan fingerprint density at radius 2 is 2.10 bits per heavy atom. The van der Waals surface area contributed by atoms with Gasteiger partial charge in [0.25, 0.3) is 5.91 Å². The summed E-state index contributed by atoms with van der Waals surface area (Å²) in [5, 5.41) is 2.97. The summed E-state index contributed by atoms with van der Waals surface area (Å²) < 4.78 is 18.7. The van der Waals surface area contributed by atoms with E-state index in [1.54, 1.807) is 12.1 Å². The number of carbonyl (C=O) groups excluding carboxylic acids is 1. The number of methoxy groups -OCH3 is 1. The number of rotatable bonds is 3. The summed E-state index contributed by atoms with van der Waals surface area (Å²) in [6.45, 7) is 0. The van der Waals surface area contributed by atoms with Crippen LogP contribution >= 0.6 is 11.6 Å². The highest BCUT2D eigenvalue weighted by Gasteiger charge is 2.18. The number of nitrogens with two attached hydrogens (primary N) is 1. The second-order valence-electron chi connectivity index (χ2n) is 4.00. The van der Waals surface area contributed by atoms with Gasteiger partial charge < -0.3 is 15.8 Å². The van der Waals surface area contributed by atoms with Crippen molar-refractivity contribution in [2.75, 3.05) is 18.2 Å². The van der Waals surface area contributed by atoms with Crippen molar-refractivity contribution in [2.24, 2.45) is 0 Å². The molecule has 0 heterocycles. The molecule has 2 aromatic rings. The average Bonchev–Trinajstić information content (AvgIpc) is 2.41. The largest absolute Gasteiger partial charge is 0.496 e. The third-order valence-corrected chi connectivity index (χ3v) is 2.92. The fraction of sp³-hybridized carbons (Fsp3) is 0.0714. The van der Waals surface area contributed by atoms with Gasteiger partial charge in [0.05, 0.1) is 18.5 Å². The molecule has 0 unspecified atom stereocenters. The summed E-state index contributed by atoms with van der Waals surface area (Å²) >= 11 is 5.77. The number of ether oxygens (including phenoxy) is 1. The third kappa shape index (κ3) is 2.83. The van der Waals surface area contributed by atoms with Crippen molar-refractivity contribution in [1.82, 2.24) is 0 Å². The van der Waals surface area contributed by atoms with Gasteiger partial charge in [0, 0.05) is 5.02 Å². The first-order chi connectivity index (χ1) is 9.52. The lowest BCUT2D eigenvalue weighted by Crippen LogP contribution is -2.16. The van der Waals surface area contributed by atoms with Crippen LogP contribution in [0.3, 0.4) is 0 Å². The molecule has 0 aliphatic heterocycles. The molecule has 1 amide bonds. The van der Waals surface area contributed by atoms with E-state index in [4.69, 9.17) is 22.1 Å². The minimum absolute atomic E-state index is 0.148. The molecule has 3 N–H and O–H groups in total. The molecule has 0 bridgehead atoms. The number of carbonyl (C=O) groups is 1. The first-order valence-corrected chi connectivity index (χ1v) is 6.09. The Labute approximate surface area is 120 Å². The van der Waals surface area contributed by atoms with E-state index in [0.717, 1.165) is 0 Å². The molecule has 0 saturated heterocycles. The van der Waals surface area contributed by atoms with Gasteiger partial charge in [0.1, 0.15) is 17.1 Å². The number of hydrogen-bond acceptors (Lipinski definition) is 3. The van der Waals surface area contributed by atoms with Gasteiger partial charge in [-0.3, -0.25) is 4.79 Å². The second kappa shape index (κ2) is 5.79. The van der Waals surface area contributed by atoms with Crippen LogP contribution in [0.15, 0.2) is 36.4 Å². The zero-order chi connectivity index (χ0) is 14.7. The molecule has 20 heavy (non-hydrogen) atoms. The molecule has 2 rings (SSSR count). The predicted octanol–water partition coefficient (Wildman–Crippen LogP) is 3.32. The Bertz CT molecular complexity index is 662. The number of benzene rings is 2. The van der Waals surface area contributed by atoms with Gasteiger partial charge in [0.2, 0.25) is 0 Å². The van der Waals surface area contributed by atoms with Crippen LogP contribution in [0.2, 0.25) is 5.02 Å². The lowest BCUT2D eigenvalue weighted by molar-refractivity contribution is 0.102. The summed E-state index contributed by atoms with van der Waals surface area (Å²) in [6, 6.07) is 8.76. The topological polar surface area (TPSA) is 64.3 Å². The maximum Gasteiger partial charge on any atom is 0.262 e. The summed E-state index contributed by atoms with van der Waals surface area (Å²) in [7, 11) is 1.36. The maximum absolute atomic E-state index is 13.8. The van der Waals surface area contributed by atoms with Crippen molar-refractivity contribution in [3.8, 4) is 5.75 Å². The fourth-order valence-corrected chi connectivity index (χ4v) is 1.91. The molecule has 0 atom stereocenters. The van der Waals surface area contributed by atoms with Gasteiger partial charge in [-0.05, 0) is 30.3 Å². The van der Waals surface area contributed by atoms with Crippen molar-refractivity contribution >= 4 is 28.9 Å². The highest BCUT2D eigenvalue weighted by molar-refractivity contribution is 6.31. The minimum atomic E-state index is -0.672. The maximum atomic E-state index is 13.8. The summed E-state index contributed by atoms with van der Waals surface area (Å²) in [5.74, 6) is -1.17. The van der Waals surface area contributed by atoms with Crippen LogP contribution in [0, 0.1) is 5.82 Å². The van der Waals surface area contributed by atoms with E-state index in [9.17, 15) is 9.18 Å². The van der Waals surface area contributed by atoms with Gasteiger partial charge >= 0.3 is 0 Å². The first kappa shape index (κ1) is 14.1. The van der Waals surface area contributed by atoms with Gasteiger partial charge in [-0.15, -0.1) is 0 Å². The lowest BCUT2D eigenvalue weighted by atomic mass is 10.1. The van der Waals surface area contributed by atoms with E-state index in [2.05, 4.69) is 5.32 Å². The number of nitrogens with one attached hydrogen (secondary N) is 1. The number of nitrogen functional groups attached to an aromatic ring is 1. The van der Waals surface area contributed by atoms with Crippen molar-refractivity contribution < 1.29 is 13.9 Å². The Kier molecular flexibility index (Phi) is 4.10. The molecule has 6 heteroatoms.